The molecule has 1 aromatic heterocycles. The molecule has 250 valence electrons. The highest BCUT2D eigenvalue weighted by Crippen LogP contribution is 2.37. The maximum absolute atomic E-state index is 13.2. The van der Waals surface area contributed by atoms with Crippen molar-refractivity contribution in [2.45, 2.75) is 57.3 Å². The molecule has 0 bridgehead atoms. The number of carbonyl (C=O) groups excluding carboxylic acids is 2. The smallest absolute Gasteiger partial charge is 0.497 e. The van der Waals surface area contributed by atoms with E-state index in [1.165, 1.54) is 51.9 Å². The van der Waals surface area contributed by atoms with Crippen LogP contribution in [0.4, 0.5) is 23.7 Å². The number of nitrogens with zero attached hydrogens (tertiary/aromatic N) is 5. The quantitative estimate of drug-likeness (QED) is 0.206. The molecule has 1 saturated carbocycles. The van der Waals surface area contributed by atoms with Gasteiger partial charge in [-0.05, 0) is 60.2 Å². The van der Waals surface area contributed by atoms with Gasteiger partial charge in [-0.3, -0.25) is 9.69 Å². The molecule has 10 nitrogen and oxygen atoms in total. The number of thioether (sulfide) groups is 1. The Morgan fingerprint density at radius 3 is 2.46 bits per heavy atom. The first-order valence-corrected chi connectivity index (χ1v) is 16.4. The van der Waals surface area contributed by atoms with Crippen LogP contribution in [0, 0.1) is 0 Å². The number of urea groups is 1. The third-order valence-electron chi connectivity index (χ3n) is 8.31. The van der Waals surface area contributed by atoms with E-state index in [1.807, 2.05) is 50.2 Å². The summed E-state index contributed by atoms with van der Waals surface area (Å²) in [5, 5.41) is 7.90. The van der Waals surface area contributed by atoms with Gasteiger partial charge in [0.05, 0.1) is 24.2 Å². The normalized spacial score (nSPS) is 18.9. The highest BCUT2D eigenvalue weighted by Gasteiger charge is 2.35. The number of rotatable bonds is 8. The van der Waals surface area contributed by atoms with E-state index < -0.39 is 12.4 Å². The van der Waals surface area contributed by atoms with Crippen LogP contribution in [0.3, 0.4) is 0 Å². The monoisotopic (exact) mass is 678 g/mol. The summed E-state index contributed by atoms with van der Waals surface area (Å²) in [6.45, 7) is 4.09. The van der Waals surface area contributed by atoms with E-state index in [1.54, 1.807) is 13.2 Å². The number of hydrogen-bond donors (Lipinski definition) is 1. The second-order valence-corrected chi connectivity index (χ2v) is 12.7. The predicted octanol–water partition coefficient (Wildman–Crippen LogP) is 7.45. The Labute approximate surface area is 279 Å². The molecule has 2 atom stereocenters. The van der Waals surface area contributed by atoms with Gasteiger partial charge in [0.1, 0.15) is 17.8 Å². The summed E-state index contributed by atoms with van der Waals surface area (Å²) >= 11 is 1.24. The molecule has 3 aromatic carbocycles. The van der Waals surface area contributed by atoms with Crippen LogP contribution in [0.25, 0.3) is 17.1 Å². The van der Waals surface area contributed by atoms with Crippen LogP contribution in [0.5, 0.6) is 11.5 Å². The number of halogens is 3. The first kappa shape index (κ1) is 33.1. The Hall–Kier alpha value is -4.85. The Balaban J connectivity index is 1.13. The number of amides is 3. The first-order chi connectivity index (χ1) is 23.0. The number of amidine groups is 1. The highest BCUT2D eigenvalue weighted by molar-refractivity contribution is 8.15. The molecule has 1 aliphatic heterocycles. The molecule has 3 amide bonds. The molecule has 2 fully saturated rings. The maximum atomic E-state index is 13.2. The molecular weight excluding hydrogens is 645 g/mol. The summed E-state index contributed by atoms with van der Waals surface area (Å²) in [5.41, 5.74) is 3.97. The Morgan fingerprint density at radius 1 is 1.04 bits per heavy atom. The summed E-state index contributed by atoms with van der Waals surface area (Å²) in [5.74, 6) is 1.00. The lowest BCUT2D eigenvalue weighted by Gasteiger charge is -2.23. The summed E-state index contributed by atoms with van der Waals surface area (Å²) in [7, 11) is 1.57. The summed E-state index contributed by atoms with van der Waals surface area (Å²) < 4.78 is 48.2. The van der Waals surface area contributed by atoms with Crippen LogP contribution in [-0.4, -0.2) is 57.1 Å². The van der Waals surface area contributed by atoms with Gasteiger partial charge < -0.3 is 14.8 Å². The Morgan fingerprint density at radius 2 is 1.77 bits per heavy atom. The second-order valence-electron chi connectivity index (χ2n) is 11.8. The average Bonchev–Trinajstić information content (AvgIpc) is 3.81. The minimum atomic E-state index is -4.76. The SMILES string of the molecule is COc1ccc(C(C)C)c(N2C(=O)CS/C2=N\C(=O)NC2CCCC2c2ccc(-c3ncn(-c4ccc(OC(F)(F)F)cc4)n3)cc2)c1. The number of aromatic nitrogens is 3. The van der Waals surface area contributed by atoms with Gasteiger partial charge in [-0.25, -0.2) is 14.5 Å². The molecule has 14 heteroatoms. The number of nitrogens with one attached hydrogen (secondary N) is 1. The summed E-state index contributed by atoms with van der Waals surface area (Å²) in [6.07, 6.45) is -0.649. The van der Waals surface area contributed by atoms with Crippen molar-refractivity contribution >= 4 is 34.6 Å². The van der Waals surface area contributed by atoms with Crippen LogP contribution < -0.4 is 19.7 Å². The molecular formula is C34H33F3N6O4S. The van der Waals surface area contributed by atoms with Crippen molar-refractivity contribution in [1.29, 1.82) is 0 Å². The van der Waals surface area contributed by atoms with Gasteiger partial charge in [-0.2, -0.15) is 4.99 Å². The van der Waals surface area contributed by atoms with Crippen LogP contribution in [-0.2, 0) is 4.79 Å². The zero-order valence-corrected chi connectivity index (χ0v) is 27.2. The highest BCUT2D eigenvalue weighted by atomic mass is 32.2. The van der Waals surface area contributed by atoms with Gasteiger partial charge >= 0.3 is 12.4 Å². The number of benzene rings is 3. The van der Waals surface area contributed by atoms with Crippen LogP contribution in [0.1, 0.15) is 56.1 Å². The van der Waals surface area contributed by atoms with Gasteiger partial charge in [0.25, 0.3) is 0 Å². The van der Waals surface area contributed by atoms with E-state index in [0.29, 0.717) is 28.1 Å². The molecule has 6 rings (SSSR count). The van der Waals surface area contributed by atoms with Crippen LogP contribution in [0.15, 0.2) is 78.0 Å². The zero-order valence-electron chi connectivity index (χ0n) is 26.4. The molecule has 48 heavy (non-hydrogen) atoms. The molecule has 0 radical (unpaired) electrons. The summed E-state index contributed by atoms with van der Waals surface area (Å²) in [4.78, 5) is 36.5. The van der Waals surface area contributed by atoms with E-state index in [2.05, 4.69) is 25.1 Å². The molecule has 1 aliphatic carbocycles. The lowest BCUT2D eigenvalue weighted by atomic mass is 9.93. The number of alkyl halides is 3. The second kappa shape index (κ2) is 13.7. The number of hydrogen-bond acceptors (Lipinski definition) is 7. The molecule has 1 N–H and O–H groups in total. The average molecular weight is 679 g/mol. The lowest BCUT2D eigenvalue weighted by molar-refractivity contribution is -0.274. The Kier molecular flexibility index (Phi) is 9.45. The minimum Gasteiger partial charge on any atom is -0.497 e. The van der Waals surface area contributed by atoms with E-state index in [-0.39, 0.29) is 35.3 Å². The van der Waals surface area contributed by atoms with Gasteiger partial charge in [0.2, 0.25) is 5.91 Å². The number of anilines is 1. The maximum Gasteiger partial charge on any atom is 0.573 e. The molecule has 2 aliphatic rings. The van der Waals surface area contributed by atoms with Crippen molar-refractivity contribution in [3.05, 3.63) is 84.2 Å². The van der Waals surface area contributed by atoms with Gasteiger partial charge in [-0.15, -0.1) is 18.3 Å². The van der Waals surface area contributed by atoms with E-state index in [9.17, 15) is 22.8 Å². The molecule has 1 saturated heterocycles. The third-order valence-corrected chi connectivity index (χ3v) is 9.24. The molecule has 2 heterocycles. The lowest BCUT2D eigenvalue weighted by Crippen LogP contribution is -2.37. The van der Waals surface area contributed by atoms with E-state index in [0.717, 1.165) is 36.0 Å². The number of ether oxygens (including phenoxy) is 2. The topological polar surface area (TPSA) is 111 Å². The fourth-order valence-electron chi connectivity index (χ4n) is 6.02. The largest absolute Gasteiger partial charge is 0.573 e. The van der Waals surface area contributed by atoms with Crippen molar-refractivity contribution in [3.63, 3.8) is 0 Å². The fourth-order valence-corrected chi connectivity index (χ4v) is 6.88. The first-order valence-electron chi connectivity index (χ1n) is 15.4. The number of aliphatic imine (C=N–C) groups is 1. The van der Waals surface area contributed by atoms with E-state index >= 15 is 0 Å². The van der Waals surface area contributed by atoms with Gasteiger partial charge in [0.15, 0.2) is 11.0 Å². The number of methoxy groups -OCH3 is 1. The van der Waals surface area contributed by atoms with Crippen LogP contribution >= 0.6 is 11.8 Å². The minimum absolute atomic E-state index is 0.0750. The predicted molar refractivity (Wildman–Crippen MR) is 177 cm³/mol. The van der Waals surface area contributed by atoms with Crippen LogP contribution in [0.2, 0.25) is 0 Å². The molecule has 0 spiro atoms. The molecule has 2 unspecified atom stereocenters. The zero-order chi connectivity index (χ0) is 34.0. The molecule has 4 aromatic rings. The van der Waals surface area contributed by atoms with Gasteiger partial charge in [-0.1, -0.05) is 62.4 Å². The number of carbonyl (C=O) groups is 2. The third kappa shape index (κ3) is 7.33. The Bertz CT molecular complexity index is 1830. The van der Waals surface area contributed by atoms with Gasteiger partial charge in [0, 0.05) is 23.6 Å². The van der Waals surface area contributed by atoms with Crippen molar-refractivity contribution in [3.8, 4) is 28.6 Å². The fraction of sp³-hybridized carbons (Fsp3) is 0.324. The standard InChI is InChI=1S/C34H33F3N6O4S/c1-20(2)26-16-15-25(46-3)17-29(26)43-30(44)18-48-33(43)40-32(45)39-28-6-4-5-27(28)21-7-9-22(10-8-21)31-38-19-42(41-31)23-11-13-24(14-12-23)47-34(35,36)37/h7-17,19-20,27-28H,4-6,18H2,1-3H3,(H,39,45)/b40-33-. The van der Waals surface area contributed by atoms with Crippen molar-refractivity contribution in [2.24, 2.45) is 4.99 Å². The van der Waals surface area contributed by atoms with Crippen molar-refractivity contribution in [2.75, 3.05) is 17.8 Å². The van der Waals surface area contributed by atoms with Crippen molar-refractivity contribution in [1.82, 2.24) is 20.1 Å². The van der Waals surface area contributed by atoms with Crippen molar-refractivity contribution < 1.29 is 32.2 Å². The van der Waals surface area contributed by atoms with E-state index in [4.69, 9.17) is 4.74 Å². The summed E-state index contributed by atoms with van der Waals surface area (Å²) in [6, 6.07) is 18.1.